The Morgan fingerprint density at radius 3 is 2.56 bits per heavy atom. The van der Waals surface area contributed by atoms with Gasteiger partial charge in [0.15, 0.2) is 0 Å². The average Bonchev–Trinajstić information content (AvgIpc) is 2.27. The van der Waals surface area contributed by atoms with Gasteiger partial charge in [0.1, 0.15) is 5.75 Å². The molecule has 0 unspecified atom stereocenters. The number of carboxylic acid groups (broad SMARTS) is 1. The molecule has 1 aromatic carbocycles. The predicted octanol–water partition coefficient (Wildman–Crippen LogP) is 3.56. The summed E-state index contributed by atoms with van der Waals surface area (Å²) in [6.45, 7) is 6.46. The second-order valence-corrected chi connectivity index (χ2v) is 6.24. The van der Waals surface area contributed by atoms with E-state index in [4.69, 9.17) is 9.84 Å². The standard InChI is InChI=1S/C14H20O3S/c1-14(2,3)10-5-6-11(17-4)12(9-10)18-8-7-13(15)16/h5-6,9H,7-8H2,1-4H3,(H,15,16). The van der Waals surface area contributed by atoms with E-state index >= 15 is 0 Å². The lowest BCUT2D eigenvalue weighted by atomic mass is 9.87. The lowest BCUT2D eigenvalue weighted by molar-refractivity contribution is -0.136. The van der Waals surface area contributed by atoms with Crippen LogP contribution in [0.5, 0.6) is 5.75 Å². The topological polar surface area (TPSA) is 46.5 Å². The summed E-state index contributed by atoms with van der Waals surface area (Å²) in [5.74, 6) is 0.589. The molecule has 0 fully saturated rings. The lowest BCUT2D eigenvalue weighted by Crippen LogP contribution is -2.11. The van der Waals surface area contributed by atoms with Crippen LogP contribution in [0.3, 0.4) is 0 Å². The van der Waals surface area contributed by atoms with Gasteiger partial charge in [0.2, 0.25) is 0 Å². The van der Waals surface area contributed by atoms with Crippen LogP contribution >= 0.6 is 11.8 Å². The van der Waals surface area contributed by atoms with E-state index in [0.717, 1.165) is 10.6 Å². The third-order valence-corrected chi connectivity index (χ3v) is 3.64. The van der Waals surface area contributed by atoms with Gasteiger partial charge in [-0.05, 0) is 23.1 Å². The Labute approximate surface area is 113 Å². The zero-order valence-corrected chi connectivity index (χ0v) is 12.1. The third kappa shape index (κ3) is 4.26. The van der Waals surface area contributed by atoms with Crippen molar-refractivity contribution in [2.75, 3.05) is 12.9 Å². The highest BCUT2D eigenvalue weighted by molar-refractivity contribution is 7.99. The van der Waals surface area contributed by atoms with Gasteiger partial charge >= 0.3 is 5.97 Å². The summed E-state index contributed by atoms with van der Waals surface area (Å²) in [6.07, 6.45) is 0.160. The lowest BCUT2D eigenvalue weighted by Gasteiger charge is -2.20. The number of thioether (sulfide) groups is 1. The smallest absolute Gasteiger partial charge is 0.304 e. The van der Waals surface area contributed by atoms with Gasteiger partial charge < -0.3 is 9.84 Å². The van der Waals surface area contributed by atoms with Gasteiger partial charge in [0, 0.05) is 10.6 Å². The second kappa shape index (κ2) is 6.14. The summed E-state index contributed by atoms with van der Waals surface area (Å²) in [6, 6.07) is 6.09. The maximum Gasteiger partial charge on any atom is 0.304 e. The average molecular weight is 268 g/mol. The zero-order valence-electron chi connectivity index (χ0n) is 11.3. The maximum atomic E-state index is 10.5. The quantitative estimate of drug-likeness (QED) is 0.829. The third-order valence-electron chi connectivity index (χ3n) is 2.60. The molecule has 0 spiro atoms. The number of hydrogen-bond acceptors (Lipinski definition) is 3. The van der Waals surface area contributed by atoms with Gasteiger partial charge in [-0.25, -0.2) is 0 Å². The predicted molar refractivity (Wildman–Crippen MR) is 74.7 cm³/mol. The van der Waals surface area contributed by atoms with Crippen LogP contribution in [0, 0.1) is 0 Å². The molecule has 0 radical (unpaired) electrons. The number of methoxy groups -OCH3 is 1. The minimum absolute atomic E-state index is 0.0778. The van der Waals surface area contributed by atoms with Crippen molar-refractivity contribution in [3.8, 4) is 5.75 Å². The highest BCUT2D eigenvalue weighted by Gasteiger charge is 2.16. The Hall–Kier alpha value is -1.16. The van der Waals surface area contributed by atoms with Crippen LogP contribution in [0.4, 0.5) is 0 Å². The SMILES string of the molecule is COc1ccc(C(C)(C)C)cc1SCCC(=O)O. The fourth-order valence-corrected chi connectivity index (χ4v) is 2.50. The molecule has 3 nitrogen and oxygen atoms in total. The molecule has 0 aliphatic carbocycles. The number of aliphatic carboxylic acids is 1. The molecular weight excluding hydrogens is 248 g/mol. The maximum absolute atomic E-state index is 10.5. The van der Waals surface area contributed by atoms with E-state index in [0.29, 0.717) is 5.75 Å². The van der Waals surface area contributed by atoms with Gasteiger partial charge in [-0.3, -0.25) is 4.79 Å². The normalized spacial score (nSPS) is 11.3. The molecule has 0 saturated heterocycles. The first-order valence-corrected chi connectivity index (χ1v) is 6.86. The number of hydrogen-bond donors (Lipinski definition) is 1. The first kappa shape index (κ1) is 14.9. The van der Waals surface area contributed by atoms with Crippen LogP contribution in [0.2, 0.25) is 0 Å². The Kier molecular flexibility index (Phi) is 5.08. The van der Waals surface area contributed by atoms with E-state index in [1.165, 1.54) is 17.3 Å². The fourth-order valence-electron chi connectivity index (χ4n) is 1.50. The molecule has 0 amide bonds. The van der Waals surface area contributed by atoms with Gasteiger partial charge in [0.05, 0.1) is 13.5 Å². The summed E-state index contributed by atoms with van der Waals surface area (Å²) in [5.41, 5.74) is 1.30. The van der Waals surface area contributed by atoms with E-state index in [1.807, 2.05) is 6.07 Å². The van der Waals surface area contributed by atoms with Crippen molar-refractivity contribution in [2.24, 2.45) is 0 Å². The van der Waals surface area contributed by atoms with Crippen LogP contribution in [0.25, 0.3) is 0 Å². The van der Waals surface area contributed by atoms with Gasteiger partial charge in [-0.1, -0.05) is 26.8 Å². The first-order chi connectivity index (χ1) is 8.34. The molecule has 0 bridgehead atoms. The van der Waals surface area contributed by atoms with E-state index in [1.54, 1.807) is 7.11 Å². The van der Waals surface area contributed by atoms with Crippen LogP contribution in [0.1, 0.15) is 32.8 Å². The number of benzene rings is 1. The van der Waals surface area contributed by atoms with Crippen molar-refractivity contribution in [1.82, 2.24) is 0 Å². The van der Waals surface area contributed by atoms with Crippen molar-refractivity contribution in [3.63, 3.8) is 0 Å². The van der Waals surface area contributed by atoms with Crippen molar-refractivity contribution in [2.45, 2.75) is 37.5 Å². The Morgan fingerprint density at radius 2 is 2.06 bits per heavy atom. The van der Waals surface area contributed by atoms with Crippen molar-refractivity contribution in [1.29, 1.82) is 0 Å². The summed E-state index contributed by atoms with van der Waals surface area (Å²) in [5, 5.41) is 8.66. The molecule has 18 heavy (non-hydrogen) atoms. The van der Waals surface area contributed by atoms with Crippen molar-refractivity contribution < 1.29 is 14.6 Å². The van der Waals surface area contributed by atoms with Crippen molar-refractivity contribution in [3.05, 3.63) is 23.8 Å². The first-order valence-electron chi connectivity index (χ1n) is 5.87. The summed E-state index contributed by atoms with van der Waals surface area (Å²) in [4.78, 5) is 11.5. The molecule has 0 aliphatic heterocycles. The monoisotopic (exact) mass is 268 g/mol. The molecule has 4 heteroatoms. The molecule has 1 aromatic rings. The number of carbonyl (C=O) groups is 1. The molecule has 0 atom stereocenters. The fraction of sp³-hybridized carbons (Fsp3) is 0.500. The van der Waals surface area contributed by atoms with Crippen LogP contribution in [-0.2, 0) is 10.2 Å². The van der Waals surface area contributed by atoms with Crippen LogP contribution in [-0.4, -0.2) is 23.9 Å². The number of rotatable bonds is 5. The molecule has 0 heterocycles. The summed E-state index contributed by atoms with van der Waals surface area (Å²) in [7, 11) is 1.63. The van der Waals surface area contributed by atoms with E-state index < -0.39 is 5.97 Å². The Morgan fingerprint density at radius 1 is 1.39 bits per heavy atom. The minimum atomic E-state index is -0.770. The van der Waals surface area contributed by atoms with E-state index in [-0.39, 0.29) is 11.8 Å². The molecule has 1 N–H and O–H groups in total. The molecule has 0 saturated carbocycles. The minimum Gasteiger partial charge on any atom is -0.496 e. The molecule has 1 rings (SSSR count). The molecule has 0 aromatic heterocycles. The summed E-state index contributed by atoms with van der Waals surface area (Å²) >= 11 is 1.52. The van der Waals surface area contributed by atoms with Gasteiger partial charge in [-0.2, -0.15) is 0 Å². The Balaban J connectivity index is 2.89. The number of carboxylic acids is 1. The molecule has 0 aliphatic rings. The van der Waals surface area contributed by atoms with Gasteiger partial charge in [-0.15, -0.1) is 11.8 Å². The van der Waals surface area contributed by atoms with E-state index in [9.17, 15) is 4.79 Å². The van der Waals surface area contributed by atoms with Crippen molar-refractivity contribution >= 4 is 17.7 Å². The van der Waals surface area contributed by atoms with E-state index in [2.05, 4.69) is 32.9 Å². The zero-order chi connectivity index (χ0) is 13.8. The Bertz CT molecular complexity index is 422. The van der Waals surface area contributed by atoms with Crippen LogP contribution < -0.4 is 4.74 Å². The molecular formula is C14H20O3S. The highest BCUT2D eigenvalue weighted by atomic mass is 32.2. The van der Waals surface area contributed by atoms with Gasteiger partial charge in [0.25, 0.3) is 0 Å². The molecule has 100 valence electrons. The van der Waals surface area contributed by atoms with Crippen LogP contribution in [0.15, 0.2) is 23.1 Å². The largest absolute Gasteiger partial charge is 0.496 e. The summed E-state index contributed by atoms with van der Waals surface area (Å²) < 4.78 is 5.30. The highest BCUT2D eigenvalue weighted by Crippen LogP contribution is 2.34. The number of ether oxygens (including phenoxy) is 1. The second-order valence-electron chi connectivity index (χ2n) is 5.11.